The van der Waals surface area contributed by atoms with Gasteiger partial charge in [0.25, 0.3) is 11.8 Å². The molecule has 0 saturated heterocycles. The number of carbonyl (C=O) groups excluding carboxylic acids is 2. The van der Waals surface area contributed by atoms with Crippen LogP contribution in [0.1, 0.15) is 34.6 Å². The monoisotopic (exact) mass is 470 g/mol. The first-order valence-electron chi connectivity index (χ1n) is 10.5. The first-order valence-corrected chi connectivity index (χ1v) is 10.5. The SMILES string of the molecule is CCOc1cc(NC(=O)c2ccc(OC)c(C(=O)Nc3ccc(F)c(OCC)c3)c2)ccc1F. The number of amides is 2. The molecule has 2 amide bonds. The van der Waals surface area contributed by atoms with E-state index in [1.54, 1.807) is 13.8 Å². The fraction of sp³-hybridized carbons (Fsp3) is 0.200. The van der Waals surface area contributed by atoms with Gasteiger partial charge in [-0.05, 0) is 56.3 Å². The highest BCUT2D eigenvalue weighted by atomic mass is 19.1. The van der Waals surface area contributed by atoms with Gasteiger partial charge in [0.1, 0.15) is 5.75 Å². The lowest BCUT2D eigenvalue weighted by atomic mass is 10.1. The van der Waals surface area contributed by atoms with E-state index in [0.29, 0.717) is 11.4 Å². The third kappa shape index (κ3) is 5.80. The number of nitrogens with one attached hydrogen (secondary N) is 2. The molecule has 0 aliphatic heterocycles. The summed E-state index contributed by atoms with van der Waals surface area (Å²) in [4.78, 5) is 25.7. The predicted octanol–water partition coefficient (Wildman–Crippen LogP) is 5.28. The van der Waals surface area contributed by atoms with Gasteiger partial charge in [0, 0.05) is 29.1 Å². The maximum Gasteiger partial charge on any atom is 0.259 e. The average molecular weight is 470 g/mol. The molecule has 3 aromatic rings. The molecule has 0 spiro atoms. The third-order valence-electron chi connectivity index (χ3n) is 4.68. The van der Waals surface area contributed by atoms with Crippen LogP contribution in [0.15, 0.2) is 54.6 Å². The Labute approximate surface area is 195 Å². The van der Waals surface area contributed by atoms with Gasteiger partial charge >= 0.3 is 0 Å². The quantitative estimate of drug-likeness (QED) is 0.445. The summed E-state index contributed by atoms with van der Waals surface area (Å²) in [6, 6.07) is 12.2. The van der Waals surface area contributed by atoms with Gasteiger partial charge in [0.2, 0.25) is 0 Å². The molecular weight excluding hydrogens is 446 g/mol. The molecule has 0 saturated carbocycles. The molecule has 34 heavy (non-hydrogen) atoms. The van der Waals surface area contributed by atoms with Crippen LogP contribution >= 0.6 is 0 Å². The molecule has 0 bridgehead atoms. The minimum Gasteiger partial charge on any atom is -0.496 e. The zero-order chi connectivity index (χ0) is 24.7. The van der Waals surface area contributed by atoms with E-state index in [-0.39, 0.29) is 41.6 Å². The summed E-state index contributed by atoms with van der Waals surface area (Å²) >= 11 is 0. The maximum atomic E-state index is 13.8. The maximum absolute atomic E-state index is 13.8. The van der Waals surface area contributed by atoms with Gasteiger partial charge in [-0.2, -0.15) is 0 Å². The molecule has 3 rings (SSSR count). The number of anilines is 2. The molecule has 0 atom stereocenters. The lowest BCUT2D eigenvalue weighted by molar-refractivity contribution is 0.102. The van der Waals surface area contributed by atoms with E-state index >= 15 is 0 Å². The molecule has 178 valence electrons. The van der Waals surface area contributed by atoms with Crippen LogP contribution in [0.5, 0.6) is 17.2 Å². The summed E-state index contributed by atoms with van der Waals surface area (Å²) in [6.45, 7) is 3.97. The molecular formula is C25H24F2N2O5. The van der Waals surface area contributed by atoms with Crippen LogP contribution in [0.25, 0.3) is 0 Å². The molecule has 0 aliphatic carbocycles. The van der Waals surface area contributed by atoms with Gasteiger partial charge < -0.3 is 24.8 Å². The minimum absolute atomic E-state index is 0.00566. The highest BCUT2D eigenvalue weighted by Gasteiger charge is 2.18. The second-order valence-electron chi connectivity index (χ2n) is 6.98. The lowest BCUT2D eigenvalue weighted by Crippen LogP contribution is -2.17. The summed E-state index contributed by atoms with van der Waals surface area (Å²) in [6.07, 6.45) is 0. The number of ether oxygens (including phenoxy) is 3. The molecule has 0 aromatic heterocycles. The van der Waals surface area contributed by atoms with Crippen molar-refractivity contribution in [3.8, 4) is 17.2 Å². The van der Waals surface area contributed by atoms with Crippen molar-refractivity contribution in [2.45, 2.75) is 13.8 Å². The van der Waals surface area contributed by atoms with Crippen molar-refractivity contribution in [2.24, 2.45) is 0 Å². The first-order chi connectivity index (χ1) is 16.4. The normalized spacial score (nSPS) is 10.4. The number of rotatable bonds is 9. The molecule has 0 heterocycles. The van der Waals surface area contributed by atoms with Gasteiger partial charge in [0.15, 0.2) is 23.1 Å². The van der Waals surface area contributed by atoms with Crippen molar-refractivity contribution in [3.05, 3.63) is 77.4 Å². The topological polar surface area (TPSA) is 85.9 Å². The fourth-order valence-electron chi connectivity index (χ4n) is 3.12. The van der Waals surface area contributed by atoms with E-state index in [1.165, 1.54) is 61.7 Å². The van der Waals surface area contributed by atoms with E-state index in [0.717, 1.165) is 0 Å². The Morgan fingerprint density at radius 3 is 1.76 bits per heavy atom. The Balaban J connectivity index is 1.83. The fourth-order valence-corrected chi connectivity index (χ4v) is 3.12. The molecule has 3 aromatic carbocycles. The van der Waals surface area contributed by atoms with Crippen molar-refractivity contribution in [1.29, 1.82) is 0 Å². The van der Waals surface area contributed by atoms with E-state index < -0.39 is 23.4 Å². The summed E-state index contributed by atoms with van der Waals surface area (Å²) in [7, 11) is 1.39. The van der Waals surface area contributed by atoms with E-state index in [4.69, 9.17) is 14.2 Å². The highest BCUT2D eigenvalue weighted by molar-refractivity contribution is 6.10. The Morgan fingerprint density at radius 2 is 1.26 bits per heavy atom. The van der Waals surface area contributed by atoms with Crippen LogP contribution in [-0.2, 0) is 0 Å². The average Bonchev–Trinajstić information content (AvgIpc) is 2.83. The first kappa shape index (κ1) is 24.5. The van der Waals surface area contributed by atoms with Crippen LogP contribution < -0.4 is 24.8 Å². The van der Waals surface area contributed by atoms with Gasteiger partial charge in [-0.25, -0.2) is 8.78 Å². The van der Waals surface area contributed by atoms with Crippen LogP contribution in [0.2, 0.25) is 0 Å². The molecule has 2 N–H and O–H groups in total. The van der Waals surface area contributed by atoms with Crippen molar-refractivity contribution in [1.82, 2.24) is 0 Å². The Bertz CT molecular complexity index is 1200. The number of hydrogen-bond acceptors (Lipinski definition) is 5. The predicted molar refractivity (Wildman–Crippen MR) is 124 cm³/mol. The van der Waals surface area contributed by atoms with Crippen LogP contribution in [0, 0.1) is 11.6 Å². The van der Waals surface area contributed by atoms with Gasteiger partial charge in [-0.15, -0.1) is 0 Å². The van der Waals surface area contributed by atoms with Crippen molar-refractivity contribution in [2.75, 3.05) is 31.0 Å². The summed E-state index contributed by atoms with van der Waals surface area (Å²) in [5.41, 5.74) is 0.891. The number of hydrogen-bond donors (Lipinski definition) is 2. The number of benzene rings is 3. The molecule has 0 aliphatic rings. The van der Waals surface area contributed by atoms with E-state index in [1.807, 2.05) is 0 Å². The molecule has 0 radical (unpaired) electrons. The molecule has 0 fully saturated rings. The minimum atomic E-state index is -0.569. The zero-order valence-electron chi connectivity index (χ0n) is 18.9. The van der Waals surface area contributed by atoms with Gasteiger partial charge in [-0.1, -0.05) is 0 Å². The third-order valence-corrected chi connectivity index (χ3v) is 4.68. The summed E-state index contributed by atoms with van der Waals surface area (Å²) < 4.78 is 43.3. The van der Waals surface area contributed by atoms with E-state index in [2.05, 4.69) is 10.6 Å². The van der Waals surface area contributed by atoms with Crippen LogP contribution in [0.4, 0.5) is 20.2 Å². The smallest absolute Gasteiger partial charge is 0.259 e. The van der Waals surface area contributed by atoms with Crippen LogP contribution in [-0.4, -0.2) is 32.1 Å². The highest BCUT2D eigenvalue weighted by Crippen LogP contribution is 2.26. The van der Waals surface area contributed by atoms with Gasteiger partial charge in [0.05, 0.1) is 25.9 Å². The molecule has 7 nitrogen and oxygen atoms in total. The zero-order valence-corrected chi connectivity index (χ0v) is 18.9. The lowest BCUT2D eigenvalue weighted by Gasteiger charge is -2.13. The summed E-state index contributed by atoms with van der Waals surface area (Å²) in [5, 5.41) is 5.30. The second kappa shape index (κ2) is 11.1. The molecule has 9 heteroatoms. The number of halogens is 2. The number of methoxy groups -OCH3 is 1. The Kier molecular flexibility index (Phi) is 8.02. The number of carbonyl (C=O) groups is 2. The van der Waals surface area contributed by atoms with Gasteiger partial charge in [-0.3, -0.25) is 9.59 Å². The van der Waals surface area contributed by atoms with Crippen molar-refractivity contribution >= 4 is 23.2 Å². The largest absolute Gasteiger partial charge is 0.496 e. The van der Waals surface area contributed by atoms with Crippen molar-refractivity contribution in [3.63, 3.8) is 0 Å². The molecule has 0 unspecified atom stereocenters. The Hall–Kier alpha value is -4.14. The van der Waals surface area contributed by atoms with Crippen LogP contribution in [0.3, 0.4) is 0 Å². The summed E-state index contributed by atoms with van der Waals surface area (Å²) in [5.74, 6) is -1.93. The van der Waals surface area contributed by atoms with Crippen molar-refractivity contribution < 1.29 is 32.6 Å². The second-order valence-corrected chi connectivity index (χ2v) is 6.98. The van der Waals surface area contributed by atoms with E-state index in [9.17, 15) is 18.4 Å². The Morgan fingerprint density at radius 1 is 0.735 bits per heavy atom. The standard InChI is InChI=1S/C25H24F2N2O5/c1-4-33-22-13-16(7-9-19(22)26)28-24(30)15-6-11-21(32-3)18(12-15)25(31)29-17-8-10-20(27)23(14-17)34-5-2/h6-14H,4-5H2,1-3H3,(H,28,30)(H,29,31).